The van der Waals surface area contributed by atoms with Gasteiger partial charge in [0.1, 0.15) is 0 Å². The summed E-state index contributed by atoms with van der Waals surface area (Å²) in [7, 11) is 0. The third-order valence-corrected chi connectivity index (χ3v) is 5.64. The summed E-state index contributed by atoms with van der Waals surface area (Å²) in [5, 5.41) is 4.35. The summed E-state index contributed by atoms with van der Waals surface area (Å²) in [6.45, 7) is 5.40. The number of amides is 1. The molecule has 3 aromatic heterocycles. The van der Waals surface area contributed by atoms with E-state index in [0.717, 1.165) is 34.4 Å². The molecule has 0 radical (unpaired) electrons. The first-order valence-electron chi connectivity index (χ1n) is 10.7. The summed E-state index contributed by atoms with van der Waals surface area (Å²) < 4.78 is 7.49. The molecule has 8 nitrogen and oxygen atoms in total. The minimum absolute atomic E-state index is 0.0277. The number of hydrogen-bond donors (Lipinski definition) is 1. The minimum atomic E-state index is 0.0277. The van der Waals surface area contributed by atoms with Crippen LogP contribution in [0.25, 0.3) is 22.2 Å². The third-order valence-electron chi connectivity index (χ3n) is 5.64. The van der Waals surface area contributed by atoms with E-state index in [0.29, 0.717) is 37.8 Å². The zero-order valence-corrected chi connectivity index (χ0v) is 17.9. The average Bonchev–Trinajstić information content (AvgIpc) is 3.24. The largest absolute Gasteiger partial charge is 0.378 e. The number of nitrogens with one attached hydrogen (secondary N) is 1. The summed E-state index contributed by atoms with van der Waals surface area (Å²) in [6, 6.07) is 11.3. The molecule has 4 heterocycles. The van der Waals surface area contributed by atoms with Gasteiger partial charge in [-0.15, -0.1) is 0 Å². The van der Waals surface area contributed by atoms with E-state index in [1.165, 1.54) is 0 Å². The molecule has 0 unspecified atom stereocenters. The van der Waals surface area contributed by atoms with Crippen LogP contribution in [0.15, 0.2) is 61.2 Å². The van der Waals surface area contributed by atoms with Gasteiger partial charge in [-0.1, -0.05) is 0 Å². The minimum Gasteiger partial charge on any atom is -0.378 e. The van der Waals surface area contributed by atoms with Crippen molar-refractivity contribution in [3.05, 3.63) is 66.7 Å². The lowest BCUT2D eigenvalue weighted by atomic mass is 10.1. The first-order valence-corrected chi connectivity index (χ1v) is 10.7. The molecule has 4 aromatic rings. The lowest BCUT2D eigenvalue weighted by Crippen LogP contribution is -2.40. The topological polar surface area (TPSA) is 85.2 Å². The highest BCUT2D eigenvalue weighted by Gasteiger charge is 2.18. The van der Waals surface area contributed by atoms with Crippen molar-refractivity contribution >= 4 is 28.4 Å². The zero-order chi connectivity index (χ0) is 21.9. The Balaban J connectivity index is 1.36. The molecule has 8 heteroatoms. The number of fused-ring (bicyclic) bond motifs is 1. The number of rotatable bonds is 5. The quantitative estimate of drug-likeness (QED) is 0.521. The number of carbonyl (C=O) groups is 1. The van der Waals surface area contributed by atoms with E-state index < -0.39 is 0 Å². The number of pyridine rings is 1. The van der Waals surface area contributed by atoms with Crippen LogP contribution in [-0.2, 0) is 11.3 Å². The predicted octanol–water partition coefficient (Wildman–Crippen LogP) is 3.73. The first kappa shape index (κ1) is 20.1. The molecule has 5 rings (SSSR count). The Kier molecular flexibility index (Phi) is 5.51. The molecule has 1 fully saturated rings. The highest BCUT2D eigenvalue weighted by molar-refractivity contribution is 5.95. The molecule has 162 valence electrons. The average molecular weight is 428 g/mol. The van der Waals surface area contributed by atoms with Crippen LogP contribution in [0, 0.1) is 0 Å². The Morgan fingerprint density at radius 3 is 2.69 bits per heavy atom. The summed E-state index contributed by atoms with van der Waals surface area (Å²) in [6.07, 6.45) is 7.52. The number of aryl methyl sites for hydroxylation is 1. The van der Waals surface area contributed by atoms with Crippen LogP contribution < -0.4 is 5.32 Å². The molecule has 1 N–H and O–H groups in total. The van der Waals surface area contributed by atoms with Crippen LogP contribution in [0.5, 0.6) is 0 Å². The van der Waals surface area contributed by atoms with Gasteiger partial charge in [0.05, 0.1) is 30.6 Å². The fourth-order valence-corrected chi connectivity index (χ4v) is 3.95. The van der Waals surface area contributed by atoms with Gasteiger partial charge in [0, 0.05) is 60.4 Å². The molecule has 32 heavy (non-hydrogen) atoms. The molecule has 1 saturated heterocycles. The number of carbonyl (C=O) groups excluding carboxylic acids is 1. The van der Waals surface area contributed by atoms with Crippen molar-refractivity contribution in [1.29, 1.82) is 0 Å². The van der Waals surface area contributed by atoms with Gasteiger partial charge in [-0.25, -0.2) is 9.97 Å². The lowest BCUT2D eigenvalue weighted by molar-refractivity contribution is 0.0303. The van der Waals surface area contributed by atoms with Crippen LogP contribution in [0.4, 0.5) is 11.6 Å². The second-order valence-electron chi connectivity index (χ2n) is 7.59. The van der Waals surface area contributed by atoms with Crippen molar-refractivity contribution in [3.63, 3.8) is 0 Å². The molecule has 0 saturated carbocycles. The van der Waals surface area contributed by atoms with Crippen molar-refractivity contribution in [2.45, 2.75) is 13.5 Å². The molecule has 0 atom stereocenters. The maximum absolute atomic E-state index is 12.6. The molecule has 0 aliphatic carbocycles. The first-order chi connectivity index (χ1) is 15.7. The van der Waals surface area contributed by atoms with Gasteiger partial charge in [-0.3, -0.25) is 9.78 Å². The monoisotopic (exact) mass is 428 g/mol. The molecular weight excluding hydrogens is 404 g/mol. The molecule has 1 aromatic carbocycles. The van der Waals surface area contributed by atoms with E-state index in [9.17, 15) is 4.79 Å². The van der Waals surface area contributed by atoms with E-state index in [-0.39, 0.29) is 5.91 Å². The fraction of sp³-hybridized carbons (Fsp3) is 0.250. The number of hydrogen-bond acceptors (Lipinski definition) is 6. The van der Waals surface area contributed by atoms with E-state index in [4.69, 9.17) is 9.72 Å². The van der Waals surface area contributed by atoms with Gasteiger partial charge in [-0.05, 0) is 43.3 Å². The smallest absolute Gasteiger partial charge is 0.254 e. The summed E-state index contributed by atoms with van der Waals surface area (Å²) >= 11 is 0. The Labute approximate surface area is 185 Å². The number of nitrogens with zero attached hydrogens (tertiary/aromatic N) is 5. The fourth-order valence-electron chi connectivity index (χ4n) is 3.95. The maximum Gasteiger partial charge on any atom is 0.254 e. The normalized spacial score (nSPS) is 14.0. The Hall–Kier alpha value is -3.78. The SMILES string of the molecule is CCn1cc(-c2ccnc(Nc3ccc(C(=O)N4CCOCC4)cc3)n2)c2ccncc21. The van der Waals surface area contributed by atoms with E-state index in [1.807, 2.05) is 47.5 Å². The van der Waals surface area contributed by atoms with Crippen molar-refractivity contribution in [3.8, 4) is 11.3 Å². The van der Waals surface area contributed by atoms with E-state index in [1.54, 1.807) is 12.4 Å². The Morgan fingerprint density at radius 2 is 1.91 bits per heavy atom. The van der Waals surface area contributed by atoms with Crippen LogP contribution >= 0.6 is 0 Å². The number of aromatic nitrogens is 4. The summed E-state index contributed by atoms with van der Waals surface area (Å²) in [5.41, 5.74) is 4.44. The molecule has 1 aliphatic heterocycles. The summed E-state index contributed by atoms with van der Waals surface area (Å²) in [4.78, 5) is 27.8. The van der Waals surface area contributed by atoms with Crippen molar-refractivity contribution in [2.75, 3.05) is 31.6 Å². The van der Waals surface area contributed by atoms with Crippen LogP contribution in [0.2, 0.25) is 0 Å². The highest BCUT2D eigenvalue weighted by atomic mass is 16.5. The van der Waals surface area contributed by atoms with E-state index >= 15 is 0 Å². The standard InChI is InChI=1S/C24H24N6O2/c1-2-29-16-20(19-7-9-25-15-22(19)29)21-8-10-26-24(28-21)27-18-5-3-17(4-6-18)23(31)30-11-13-32-14-12-30/h3-10,15-16H,2,11-14H2,1H3,(H,26,27,28). The van der Waals surface area contributed by atoms with Crippen molar-refractivity contribution in [2.24, 2.45) is 0 Å². The van der Waals surface area contributed by atoms with Gasteiger partial charge in [0.25, 0.3) is 5.91 Å². The molecule has 0 spiro atoms. The Bertz CT molecular complexity index is 1250. The lowest BCUT2D eigenvalue weighted by Gasteiger charge is -2.26. The predicted molar refractivity (Wildman–Crippen MR) is 123 cm³/mol. The number of ether oxygens (including phenoxy) is 1. The van der Waals surface area contributed by atoms with Crippen molar-refractivity contribution < 1.29 is 9.53 Å². The number of anilines is 2. The number of morpholine rings is 1. The zero-order valence-electron chi connectivity index (χ0n) is 17.9. The highest BCUT2D eigenvalue weighted by Crippen LogP contribution is 2.29. The summed E-state index contributed by atoms with van der Waals surface area (Å²) in [5.74, 6) is 0.529. The van der Waals surface area contributed by atoms with E-state index in [2.05, 4.69) is 33.0 Å². The second kappa shape index (κ2) is 8.76. The number of benzene rings is 1. The molecule has 0 bridgehead atoms. The molecule has 1 amide bonds. The van der Waals surface area contributed by atoms with Gasteiger partial charge in [0.15, 0.2) is 0 Å². The van der Waals surface area contributed by atoms with Crippen LogP contribution in [0.3, 0.4) is 0 Å². The van der Waals surface area contributed by atoms with Crippen LogP contribution in [0.1, 0.15) is 17.3 Å². The third kappa shape index (κ3) is 3.92. The van der Waals surface area contributed by atoms with Crippen LogP contribution in [-0.4, -0.2) is 56.6 Å². The maximum atomic E-state index is 12.6. The second-order valence-corrected chi connectivity index (χ2v) is 7.59. The van der Waals surface area contributed by atoms with Gasteiger partial charge in [-0.2, -0.15) is 0 Å². The Morgan fingerprint density at radius 1 is 1.09 bits per heavy atom. The van der Waals surface area contributed by atoms with Gasteiger partial charge in [0.2, 0.25) is 5.95 Å². The van der Waals surface area contributed by atoms with Crippen molar-refractivity contribution in [1.82, 2.24) is 24.4 Å². The molecule has 1 aliphatic rings. The van der Waals surface area contributed by atoms with Gasteiger partial charge >= 0.3 is 0 Å². The molecular formula is C24H24N6O2. The van der Waals surface area contributed by atoms with Gasteiger partial charge < -0.3 is 19.5 Å².